The van der Waals surface area contributed by atoms with Crippen LogP contribution in [0.2, 0.25) is 5.02 Å². The second-order valence-corrected chi connectivity index (χ2v) is 9.52. The highest BCUT2D eigenvalue weighted by atomic mass is 35.5. The molecule has 2 aliphatic rings. The minimum atomic E-state index is -3.42. The number of methoxy groups -OCH3 is 1. The Balaban J connectivity index is 1.61. The number of benzene rings is 2. The lowest BCUT2D eigenvalue weighted by Crippen LogP contribution is -2.35. The summed E-state index contributed by atoms with van der Waals surface area (Å²) in [6.45, 7) is 2.20. The SMILES string of the molecule is COc1cc(Cl)c(C)cc1NC(=O)c1ccc2c(c1)SC1=NS(=O)(=O)CCN12. The number of amidine groups is 1. The van der Waals surface area contributed by atoms with Gasteiger partial charge in [-0.15, -0.1) is 4.40 Å². The van der Waals surface area contributed by atoms with E-state index < -0.39 is 10.0 Å². The maximum atomic E-state index is 12.7. The zero-order chi connectivity index (χ0) is 20.1. The summed E-state index contributed by atoms with van der Waals surface area (Å²) < 4.78 is 32.6. The molecule has 4 rings (SSSR count). The van der Waals surface area contributed by atoms with Gasteiger partial charge in [-0.05, 0) is 48.5 Å². The first-order chi connectivity index (χ1) is 13.3. The van der Waals surface area contributed by atoms with Crippen molar-refractivity contribution in [3.8, 4) is 5.75 Å². The van der Waals surface area contributed by atoms with E-state index in [9.17, 15) is 13.2 Å². The predicted octanol–water partition coefficient (Wildman–Crippen LogP) is 3.52. The maximum absolute atomic E-state index is 12.7. The molecule has 0 atom stereocenters. The van der Waals surface area contributed by atoms with Gasteiger partial charge in [0.2, 0.25) is 0 Å². The second-order valence-electron chi connectivity index (χ2n) is 6.35. The van der Waals surface area contributed by atoms with Gasteiger partial charge in [-0.25, -0.2) is 8.42 Å². The zero-order valence-corrected chi connectivity index (χ0v) is 17.4. The quantitative estimate of drug-likeness (QED) is 0.790. The van der Waals surface area contributed by atoms with Crippen LogP contribution in [0.25, 0.3) is 0 Å². The average molecular weight is 438 g/mol. The van der Waals surface area contributed by atoms with Crippen LogP contribution >= 0.6 is 23.4 Å². The Hall–Kier alpha value is -2.23. The Morgan fingerprint density at radius 1 is 1.32 bits per heavy atom. The lowest BCUT2D eigenvalue weighted by Gasteiger charge is -2.22. The number of carbonyl (C=O) groups is 1. The van der Waals surface area contributed by atoms with Crippen LogP contribution in [-0.4, -0.2) is 38.9 Å². The number of hydrogen-bond donors (Lipinski definition) is 1. The minimum Gasteiger partial charge on any atom is -0.495 e. The minimum absolute atomic E-state index is 0.0194. The van der Waals surface area contributed by atoms with Crippen LogP contribution in [0.1, 0.15) is 15.9 Å². The molecule has 7 nitrogen and oxygen atoms in total. The maximum Gasteiger partial charge on any atom is 0.257 e. The third-order valence-corrected chi connectivity index (χ3v) is 7.18. The highest BCUT2D eigenvalue weighted by Gasteiger charge is 2.33. The van der Waals surface area contributed by atoms with Gasteiger partial charge in [0.15, 0.2) is 5.17 Å². The number of hydrogen-bond acceptors (Lipinski definition) is 6. The van der Waals surface area contributed by atoms with Crippen LogP contribution < -0.4 is 15.0 Å². The molecule has 0 bridgehead atoms. The van der Waals surface area contributed by atoms with E-state index in [0.29, 0.717) is 33.7 Å². The number of nitrogens with one attached hydrogen (secondary N) is 1. The number of aryl methyl sites for hydroxylation is 1. The lowest BCUT2D eigenvalue weighted by atomic mass is 10.1. The Bertz CT molecular complexity index is 1130. The number of ether oxygens (including phenoxy) is 1. The molecule has 28 heavy (non-hydrogen) atoms. The van der Waals surface area contributed by atoms with Gasteiger partial charge in [0.1, 0.15) is 5.75 Å². The standard InChI is InChI=1S/C18H16ClN3O4S2/c1-10-7-13(15(26-2)9-12(10)19)20-17(23)11-3-4-14-16(8-11)27-18-21-28(24,25)6-5-22(14)18/h3-4,7-9H,5-6H2,1-2H3,(H,20,23). The number of halogens is 1. The van der Waals surface area contributed by atoms with E-state index in [1.54, 1.807) is 24.3 Å². The van der Waals surface area contributed by atoms with Gasteiger partial charge in [-0.3, -0.25) is 4.79 Å². The molecule has 1 amide bonds. The van der Waals surface area contributed by atoms with Crippen LogP contribution in [0, 0.1) is 6.92 Å². The summed E-state index contributed by atoms with van der Waals surface area (Å²) in [5.41, 5.74) is 2.65. The molecule has 2 aliphatic heterocycles. The van der Waals surface area contributed by atoms with E-state index in [4.69, 9.17) is 16.3 Å². The summed E-state index contributed by atoms with van der Waals surface area (Å²) in [5, 5.41) is 3.82. The fraction of sp³-hybridized carbons (Fsp3) is 0.222. The fourth-order valence-electron chi connectivity index (χ4n) is 3.00. The molecule has 2 aromatic carbocycles. The number of rotatable bonds is 3. The van der Waals surface area contributed by atoms with Crippen molar-refractivity contribution in [2.45, 2.75) is 11.8 Å². The van der Waals surface area contributed by atoms with Crippen molar-refractivity contribution in [3.05, 3.63) is 46.5 Å². The molecular formula is C18H16ClN3O4S2. The molecule has 2 aromatic rings. The third-order valence-electron chi connectivity index (χ3n) is 4.46. The van der Waals surface area contributed by atoms with Crippen molar-refractivity contribution >= 4 is 55.8 Å². The fourth-order valence-corrected chi connectivity index (χ4v) is 5.45. The Kier molecular flexibility index (Phi) is 4.76. The second kappa shape index (κ2) is 6.98. The van der Waals surface area contributed by atoms with Gasteiger partial charge in [-0.1, -0.05) is 11.6 Å². The van der Waals surface area contributed by atoms with Crippen LogP contribution in [-0.2, 0) is 10.0 Å². The summed E-state index contributed by atoms with van der Waals surface area (Å²) in [6.07, 6.45) is 0. The number of sulfonamides is 1. The molecule has 0 unspecified atom stereocenters. The summed E-state index contributed by atoms with van der Waals surface area (Å²) in [4.78, 5) is 15.4. The van der Waals surface area contributed by atoms with Gasteiger partial charge in [0.05, 0.1) is 24.2 Å². The van der Waals surface area contributed by atoms with Crippen LogP contribution in [0.3, 0.4) is 0 Å². The van der Waals surface area contributed by atoms with Gasteiger partial charge in [-0.2, -0.15) is 0 Å². The number of thioether (sulfide) groups is 1. The Morgan fingerprint density at radius 2 is 2.11 bits per heavy atom. The van der Waals surface area contributed by atoms with E-state index in [0.717, 1.165) is 16.1 Å². The van der Waals surface area contributed by atoms with E-state index in [1.165, 1.54) is 18.9 Å². The Labute approximate surface area is 171 Å². The van der Waals surface area contributed by atoms with Crippen molar-refractivity contribution in [2.24, 2.45) is 4.40 Å². The normalized spacial score (nSPS) is 16.8. The van der Waals surface area contributed by atoms with Gasteiger partial charge < -0.3 is 15.0 Å². The summed E-state index contributed by atoms with van der Waals surface area (Å²) >= 11 is 7.35. The summed E-state index contributed by atoms with van der Waals surface area (Å²) in [7, 11) is -1.91. The zero-order valence-electron chi connectivity index (χ0n) is 15.0. The van der Waals surface area contributed by atoms with E-state index >= 15 is 0 Å². The van der Waals surface area contributed by atoms with Gasteiger partial charge in [0.25, 0.3) is 15.9 Å². The number of carbonyl (C=O) groups excluding carboxylic acids is 1. The average Bonchev–Trinajstić information content (AvgIpc) is 2.99. The summed E-state index contributed by atoms with van der Waals surface area (Å²) in [6, 6.07) is 8.65. The molecule has 1 N–H and O–H groups in total. The largest absolute Gasteiger partial charge is 0.495 e. The number of nitrogens with zero attached hydrogens (tertiary/aromatic N) is 2. The first-order valence-corrected chi connectivity index (χ1v) is 11.2. The molecular weight excluding hydrogens is 422 g/mol. The van der Waals surface area contributed by atoms with E-state index in [-0.39, 0.29) is 11.7 Å². The first-order valence-electron chi connectivity index (χ1n) is 8.35. The van der Waals surface area contributed by atoms with Crippen molar-refractivity contribution in [3.63, 3.8) is 0 Å². The molecule has 0 spiro atoms. The van der Waals surface area contributed by atoms with Crippen molar-refractivity contribution in [2.75, 3.05) is 29.6 Å². The molecule has 0 radical (unpaired) electrons. The van der Waals surface area contributed by atoms with Crippen molar-refractivity contribution < 1.29 is 17.9 Å². The lowest BCUT2D eigenvalue weighted by molar-refractivity contribution is 0.102. The highest BCUT2D eigenvalue weighted by molar-refractivity contribution is 8.15. The molecule has 146 valence electrons. The molecule has 2 heterocycles. The summed E-state index contributed by atoms with van der Waals surface area (Å²) in [5.74, 6) is 0.146. The van der Waals surface area contributed by atoms with Gasteiger partial charge in [0, 0.05) is 28.1 Å². The molecule has 0 saturated carbocycles. The topological polar surface area (TPSA) is 88.1 Å². The molecule has 0 fully saturated rings. The van der Waals surface area contributed by atoms with Crippen molar-refractivity contribution in [1.82, 2.24) is 0 Å². The highest BCUT2D eigenvalue weighted by Crippen LogP contribution is 2.42. The number of amides is 1. The predicted molar refractivity (Wildman–Crippen MR) is 112 cm³/mol. The number of anilines is 2. The third kappa shape index (κ3) is 3.45. The molecule has 0 aliphatic carbocycles. The smallest absolute Gasteiger partial charge is 0.257 e. The van der Waals surface area contributed by atoms with E-state index in [1.807, 2.05) is 17.9 Å². The van der Waals surface area contributed by atoms with Crippen molar-refractivity contribution in [1.29, 1.82) is 0 Å². The van der Waals surface area contributed by atoms with Crippen LogP contribution in [0.5, 0.6) is 5.75 Å². The van der Waals surface area contributed by atoms with E-state index in [2.05, 4.69) is 9.71 Å². The van der Waals surface area contributed by atoms with Gasteiger partial charge >= 0.3 is 0 Å². The molecule has 10 heteroatoms. The number of fused-ring (bicyclic) bond motifs is 3. The Morgan fingerprint density at radius 3 is 2.86 bits per heavy atom. The van der Waals surface area contributed by atoms with Crippen LogP contribution in [0.4, 0.5) is 11.4 Å². The molecule has 0 saturated heterocycles. The first kappa shape index (κ1) is 19.1. The monoisotopic (exact) mass is 437 g/mol. The van der Waals surface area contributed by atoms with Crippen LogP contribution in [0.15, 0.2) is 39.6 Å². The molecule has 0 aromatic heterocycles.